The second kappa shape index (κ2) is 2.64. The summed E-state index contributed by atoms with van der Waals surface area (Å²) >= 11 is 0. The molecular weight excluding hydrogens is 120 g/mol. The molecule has 1 rings (SSSR count). The van der Waals surface area contributed by atoms with Gasteiger partial charge in [0.25, 0.3) is 0 Å². The molecule has 0 radical (unpaired) electrons. The molecule has 3 heteroatoms. The Balaban J connectivity index is 2.34. The maximum absolute atomic E-state index is 9.01. The van der Waals surface area contributed by atoms with Gasteiger partial charge in [-0.1, -0.05) is 0 Å². The standard InChI is InChI=1S/C6H12O3/c1-4-2-5(7)3-6(8)9-4/h4-8H,2-3H2,1H3/t4-,5-,6-/m1/s1. The summed E-state index contributed by atoms with van der Waals surface area (Å²) in [5.41, 5.74) is 0. The van der Waals surface area contributed by atoms with E-state index in [1.54, 1.807) is 0 Å². The number of aliphatic hydroxyl groups excluding tert-OH is 2. The SMILES string of the molecule is C[C@@H]1C[C@@H](O)C[C@H](O)O1. The smallest absolute Gasteiger partial charge is 0.157 e. The molecule has 0 bridgehead atoms. The van der Waals surface area contributed by atoms with Crippen molar-refractivity contribution in [1.29, 1.82) is 0 Å². The second-order valence-corrected chi connectivity index (χ2v) is 2.53. The minimum atomic E-state index is -0.760. The first-order valence-electron chi connectivity index (χ1n) is 3.20. The van der Waals surface area contributed by atoms with Crippen LogP contribution < -0.4 is 0 Å². The molecule has 3 atom stereocenters. The van der Waals surface area contributed by atoms with Crippen LogP contribution in [0.15, 0.2) is 0 Å². The molecular formula is C6H12O3. The van der Waals surface area contributed by atoms with Crippen molar-refractivity contribution < 1.29 is 14.9 Å². The van der Waals surface area contributed by atoms with Crippen LogP contribution in [0.4, 0.5) is 0 Å². The predicted octanol–water partition coefficient (Wildman–Crippen LogP) is -0.135. The molecule has 0 spiro atoms. The van der Waals surface area contributed by atoms with E-state index in [1.165, 1.54) is 0 Å². The summed E-state index contributed by atoms with van der Waals surface area (Å²) in [5, 5.41) is 17.9. The number of hydrogen-bond acceptors (Lipinski definition) is 3. The average molecular weight is 132 g/mol. The van der Waals surface area contributed by atoms with Gasteiger partial charge in [0, 0.05) is 6.42 Å². The van der Waals surface area contributed by atoms with Gasteiger partial charge in [-0.3, -0.25) is 0 Å². The van der Waals surface area contributed by atoms with Gasteiger partial charge in [-0.2, -0.15) is 0 Å². The molecule has 2 N–H and O–H groups in total. The third-order valence-electron chi connectivity index (χ3n) is 1.47. The highest BCUT2D eigenvalue weighted by Crippen LogP contribution is 2.16. The number of aliphatic hydroxyl groups is 2. The molecule has 0 amide bonds. The highest BCUT2D eigenvalue weighted by Gasteiger charge is 2.23. The lowest BCUT2D eigenvalue weighted by Gasteiger charge is -2.27. The van der Waals surface area contributed by atoms with Crippen molar-refractivity contribution in [3.63, 3.8) is 0 Å². The maximum atomic E-state index is 9.01. The van der Waals surface area contributed by atoms with Gasteiger partial charge < -0.3 is 14.9 Å². The van der Waals surface area contributed by atoms with Crippen molar-refractivity contribution >= 4 is 0 Å². The first-order chi connectivity index (χ1) is 4.18. The molecule has 9 heavy (non-hydrogen) atoms. The number of ether oxygens (including phenoxy) is 1. The fourth-order valence-corrected chi connectivity index (χ4v) is 1.09. The van der Waals surface area contributed by atoms with Gasteiger partial charge >= 0.3 is 0 Å². The van der Waals surface area contributed by atoms with Gasteiger partial charge in [-0.05, 0) is 13.3 Å². The van der Waals surface area contributed by atoms with Crippen molar-refractivity contribution in [2.45, 2.75) is 38.3 Å². The molecule has 0 unspecified atom stereocenters. The normalized spacial score (nSPS) is 45.0. The van der Waals surface area contributed by atoms with Crippen LogP contribution >= 0.6 is 0 Å². The zero-order chi connectivity index (χ0) is 6.85. The highest BCUT2D eigenvalue weighted by molar-refractivity contribution is 4.68. The molecule has 1 fully saturated rings. The number of hydrogen-bond donors (Lipinski definition) is 2. The van der Waals surface area contributed by atoms with Gasteiger partial charge in [-0.25, -0.2) is 0 Å². The Labute approximate surface area is 54.3 Å². The fraction of sp³-hybridized carbons (Fsp3) is 1.00. The van der Waals surface area contributed by atoms with E-state index in [-0.39, 0.29) is 12.2 Å². The lowest BCUT2D eigenvalue weighted by molar-refractivity contribution is -0.183. The minimum Gasteiger partial charge on any atom is -0.393 e. The maximum Gasteiger partial charge on any atom is 0.157 e. The third-order valence-corrected chi connectivity index (χ3v) is 1.47. The van der Waals surface area contributed by atoms with Crippen LogP contribution in [-0.4, -0.2) is 28.7 Å². The van der Waals surface area contributed by atoms with E-state index in [9.17, 15) is 0 Å². The quantitative estimate of drug-likeness (QED) is 0.482. The van der Waals surface area contributed by atoms with E-state index in [4.69, 9.17) is 14.9 Å². The van der Waals surface area contributed by atoms with Crippen LogP contribution in [0.2, 0.25) is 0 Å². The van der Waals surface area contributed by atoms with Gasteiger partial charge in [0.05, 0.1) is 12.2 Å². The van der Waals surface area contributed by atoms with Crippen LogP contribution in [0.5, 0.6) is 0 Å². The van der Waals surface area contributed by atoms with E-state index < -0.39 is 6.29 Å². The van der Waals surface area contributed by atoms with Crippen LogP contribution in [-0.2, 0) is 4.74 Å². The zero-order valence-corrected chi connectivity index (χ0v) is 5.45. The van der Waals surface area contributed by atoms with Crippen molar-refractivity contribution in [3.8, 4) is 0 Å². The summed E-state index contributed by atoms with van der Waals surface area (Å²) in [5.74, 6) is 0. The summed E-state index contributed by atoms with van der Waals surface area (Å²) in [4.78, 5) is 0. The largest absolute Gasteiger partial charge is 0.393 e. The molecule has 0 saturated carbocycles. The Morgan fingerprint density at radius 3 is 2.44 bits per heavy atom. The van der Waals surface area contributed by atoms with Crippen molar-refractivity contribution in [3.05, 3.63) is 0 Å². The van der Waals surface area contributed by atoms with Gasteiger partial charge in [0.1, 0.15) is 0 Å². The summed E-state index contributed by atoms with van der Waals surface area (Å²) < 4.78 is 4.95. The van der Waals surface area contributed by atoms with Crippen molar-refractivity contribution in [1.82, 2.24) is 0 Å². The lowest BCUT2D eigenvalue weighted by Crippen LogP contribution is -2.33. The Morgan fingerprint density at radius 1 is 1.33 bits per heavy atom. The Morgan fingerprint density at radius 2 is 2.00 bits per heavy atom. The third kappa shape index (κ3) is 1.93. The van der Waals surface area contributed by atoms with Crippen LogP contribution in [0, 0.1) is 0 Å². The van der Waals surface area contributed by atoms with Crippen molar-refractivity contribution in [2.24, 2.45) is 0 Å². The molecule has 1 aliphatic heterocycles. The average Bonchev–Trinajstić information content (AvgIpc) is 1.59. The fourth-order valence-electron chi connectivity index (χ4n) is 1.09. The topological polar surface area (TPSA) is 49.7 Å². The van der Waals surface area contributed by atoms with E-state index in [0.717, 1.165) is 0 Å². The molecule has 1 aliphatic rings. The molecule has 1 saturated heterocycles. The molecule has 3 nitrogen and oxygen atoms in total. The second-order valence-electron chi connectivity index (χ2n) is 2.53. The Hall–Kier alpha value is -0.120. The minimum absolute atomic E-state index is 0.0104. The van der Waals surface area contributed by atoms with Crippen LogP contribution in [0.25, 0.3) is 0 Å². The summed E-state index contributed by atoms with van der Waals surface area (Å²) in [6, 6.07) is 0. The molecule has 0 aromatic carbocycles. The van der Waals surface area contributed by atoms with Crippen LogP contribution in [0.1, 0.15) is 19.8 Å². The highest BCUT2D eigenvalue weighted by atomic mass is 16.6. The summed E-state index contributed by atoms with van der Waals surface area (Å²) in [6.45, 7) is 1.84. The first kappa shape index (κ1) is 6.99. The molecule has 54 valence electrons. The summed E-state index contributed by atoms with van der Waals surface area (Å²) in [6.07, 6.45) is -0.169. The monoisotopic (exact) mass is 132 g/mol. The lowest BCUT2D eigenvalue weighted by atomic mass is 10.1. The molecule has 1 heterocycles. The van der Waals surface area contributed by atoms with E-state index in [2.05, 4.69) is 0 Å². The van der Waals surface area contributed by atoms with E-state index in [0.29, 0.717) is 12.8 Å². The molecule has 0 aromatic heterocycles. The van der Waals surface area contributed by atoms with E-state index >= 15 is 0 Å². The zero-order valence-electron chi connectivity index (χ0n) is 5.45. The predicted molar refractivity (Wildman–Crippen MR) is 31.8 cm³/mol. The first-order valence-corrected chi connectivity index (χ1v) is 3.20. The number of rotatable bonds is 0. The Kier molecular flexibility index (Phi) is 2.05. The van der Waals surface area contributed by atoms with Gasteiger partial charge in [0.2, 0.25) is 0 Å². The van der Waals surface area contributed by atoms with Gasteiger partial charge in [0.15, 0.2) is 6.29 Å². The Bertz CT molecular complexity index is 69.3. The summed E-state index contributed by atoms with van der Waals surface area (Å²) in [7, 11) is 0. The van der Waals surface area contributed by atoms with Crippen LogP contribution in [0.3, 0.4) is 0 Å². The van der Waals surface area contributed by atoms with Gasteiger partial charge in [-0.15, -0.1) is 0 Å². The van der Waals surface area contributed by atoms with Crippen molar-refractivity contribution in [2.75, 3.05) is 0 Å². The molecule has 0 aliphatic carbocycles. The molecule has 0 aromatic rings. The van der Waals surface area contributed by atoms with E-state index in [1.807, 2.05) is 6.92 Å².